The van der Waals surface area contributed by atoms with Crippen molar-refractivity contribution in [2.45, 2.75) is 25.4 Å². The van der Waals surface area contributed by atoms with Gasteiger partial charge in [0.1, 0.15) is 0 Å². The average Bonchev–Trinajstić information content (AvgIpc) is 3.09. The summed E-state index contributed by atoms with van der Waals surface area (Å²) in [6.45, 7) is 2.97. The maximum atomic E-state index is 12.4. The average molecular weight is 298 g/mol. The molecule has 1 fully saturated rings. The molecular weight excluding hydrogens is 276 g/mol. The molecule has 22 heavy (non-hydrogen) atoms. The molecule has 2 aromatic rings. The minimum atomic E-state index is 0.0420. The van der Waals surface area contributed by atoms with E-state index in [0.29, 0.717) is 5.56 Å². The lowest BCUT2D eigenvalue weighted by Crippen LogP contribution is -2.48. The molecule has 116 valence electrons. The van der Waals surface area contributed by atoms with Crippen LogP contribution >= 0.6 is 0 Å². The van der Waals surface area contributed by atoms with Gasteiger partial charge in [0.25, 0.3) is 5.91 Å². The van der Waals surface area contributed by atoms with Gasteiger partial charge in [0.05, 0.1) is 11.8 Å². The summed E-state index contributed by atoms with van der Waals surface area (Å²) in [6, 6.07) is 10.8. The third-order valence-electron chi connectivity index (χ3n) is 4.34. The fraction of sp³-hybridized carbons (Fsp3) is 0.412. The van der Waals surface area contributed by atoms with Gasteiger partial charge in [-0.2, -0.15) is 5.10 Å². The number of rotatable bonds is 4. The Bertz CT molecular complexity index is 596. The van der Waals surface area contributed by atoms with Crippen molar-refractivity contribution in [1.29, 1.82) is 0 Å². The van der Waals surface area contributed by atoms with Crippen molar-refractivity contribution < 1.29 is 4.79 Å². The number of H-pyrrole nitrogens is 1. The van der Waals surface area contributed by atoms with E-state index in [1.165, 1.54) is 5.56 Å². The van der Waals surface area contributed by atoms with Crippen molar-refractivity contribution in [2.75, 3.05) is 20.1 Å². The van der Waals surface area contributed by atoms with E-state index in [-0.39, 0.29) is 11.9 Å². The molecule has 5 nitrogen and oxygen atoms in total. The third-order valence-corrected chi connectivity index (χ3v) is 4.34. The number of nitrogens with one attached hydrogen (secondary N) is 1. The molecule has 1 amide bonds. The Morgan fingerprint density at radius 1 is 1.41 bits per heavy atom. The van der Waals surface area contributed by atoms with E-state index in [2.05, 4.69) is 39.4 Å². The second-order valence-corrected chi connectivity index (χ2v) is 5.92. The van der Waals surface area contributed by atoms with Crippen molar-refractivity contribution in [3.05, 3.63) is 53.9 Å². The standard InChI is InChI=1S/C17H22N4O/c1-20(17(22)15-10-18-19-11-15)16-8-5-9-21(13-16)12-14-6-3-2-4-7-14/h2-4,6-7,10-11,16H,5,8-9,12-13H2,1H3,(H,18,19). The Kier molecular flexibility index (Phi) is 4.53. The van der Waals surface area contributed by atoms with Gasteiger partial charge in [0.2, 0.25) is 0 Å². The van der Waals surface area contributed by atoms with Crippen molar-refractivity contribution in [2.24, 2.45) is 0 Å². The predicted octanol–water partition coefficient (Wildman–Crippen LogP) is 2.15. The van der Waals surface area contributed by atoms with Crippen molar-refractivity contribution in [3.8, 4) is 0 Å². The number of aromatic amines is 1. The first-order valence-electron chi connectivity index (χ1n) is 7.76. The molecule has 0 spiro atoms. The van der Waals surface area contributed by atoms with Crippen LogP contribution in [0.15, 0.2) is 42.7 Å². The molecule has 0 saturated carbocycles. The van der Waals surface area contributed by atoms with Crippen molar-refractivity contribution in [3.63, 3.8) is 0 Å². The monoisotopic (exact) mass is 298 g/mol. The number of carbonyl (C=O) groups is 1. The van der Waals surface area contributed by atoms with Crippen LogP contribution in [0.5, 0.6) is 0 Å². The lowest BCUT2D eigenvalue weighted by atomic mass is 10.0. The molecule has 5 heteroatoms. The number of piperidine rings is 1. The Hall–Kier alpha value is -2.14. The van der Waals surface area contributed by atoms with E-state index >= 15 is 0 Å². The Morgan fingerprint density at radius 3 is 2.95 bits per heavy atom. The topological polar surface area (TPSA) is 52.2 Å². The van der Waals surface area contributed by atoms with Crippen LogP contribution in [0.25, 0.3) is 0 Å². The fourth-order valence-electron chi connectivity index (χ4n) is 3.07. The largest absolute Gasteiger partial charge is 0.337 e. The van der Waals surface area contributed by atoms with Crippen LogP contribution in [-0.4, -0.2) is 52.1 Å². The van der Waals surface area contributed by atoms with Crippen molar-refractivity contribution in [1.82, 2.24) is 20.0 Å². The number of aromatic nitrogens is 2. The molecule has 1 unspecified atom stereocenters. The summed E-state index contributed by atoms with van der Waals surface area (Å²) in [5, 5.41) is 6.56. The third kappa shape index (κ3) is 3.36. The van der Waals surface area contributed by atoms with Gasteiger partial charge in [0, 0.05) is 32.4 Å². The van der Waals surface area contributed by atoms with Gasteiger partial charge < -0.3 is 4.90 Å². The lowest BCUT2D eigenvalue weighted by Gasteiger charge is -2.37. The van der Waals surface area contributed by atoms with E-state index in [1.54, 1.807) is 12.4 Å². The number of carbonyl (C=O) groups excluding carboxylic acids is 1. The van der Waals surface area contributed by atoms with Gasteiger partial charge in [-0.3, -0.25) is 14.8 Å². The van der Waals surface area contributed by atoms with Gasteiger partial charge in [0.15, 0.2) is 0 Å². The summed E-state index contributed by atoms with van der Waals surface area (Å²) in [5.74, 6) is 0.0420. The first kappa shape index (κ1) is 14.8. The van der Waals surface area contributed by atoms with E-state index in [4.69, 9.17) is 0 Å². The summed E-state index contributed by atoms with van der Waals surface area (Å²) in [7, 11) is 1.89. The lowest BCUT2D eigenvalue weighted by molar-refractivity contribution is 0.0609. The van der Waals surface area contributed by atoms with Gasteiger partial charge in [-0.15, -0.1) is 0 Å². The van der Waals surface area contributed by atoms with E-state index in [9.17, 15) is 4.79 Å². The SMILES string of the molecule is CN(C(=O)c1cn[nH]c1)C1CCCN(Cc2ccccc2)C1. The van der Waals surface area contributed by atoms with E-state index < -0.39 is 0 Å². The molecule has 1 N–H and O–H groups in total. The molecule has 1 aromatic heterocycles. The number of benzene rings is 1. The zero-order valence-electron chi connectivity index (χ0n) is 12.9. The molecular formula is C17H22N4O. The number of hydrogen-bond acceptors (Lipinski definition) is 3. The molecule has 1 aliphatic heterocycles. The second-order valence-electron chi connectivity index (χ2n) is 5.92. The summed E-state index contributed by atoms with van der Waals surface area (Å²) in [4.78, 5) is 16.7. The Balaban J connectivity index is 1.61. The highest BCUT2D eigenvalue weighted by atomic mass is 16.2. The number of hydrogen-bond donors (Lipinski definition) is 1. The van der Waals surface area contributed by atoms with Crippen LogP contribution in [-0.2, 0) is 6.54 Å². The van der Waals surface area contributed by atoms with Crippen LogP contribution in [0.2, 0.25) is 0 Å². The first-order chi connectivity index (χ1) is 10.7. The van der Waals surface area contributed by atoms with E-state index in [1.807, 2.05) is 18.0 Å². The molecule has 0 radical (unpaired) electrons. The highest BCUT2D eigenvalue weighted by Crippen LogP contribution is 2.18. The maximum Gasteiger partial charge on any atom is 0.257 e. The van der Waals surface area contributed by atoms with Crippen LogP contribution in [0.4, 0.5) is 0 Å². The maximum absolute atomic E-state index is 12.4. The predicted molar refractivity (Wildman–Crippen MR) is 85.4 cm³/mol. The summed E-state index contributed by atoms with van der Waals surface area (Å²) in [5.41, 5.74) is 1.95. The van der Waals surface area contributed by atoms with Gasteiger partial charge in [-0.1, -0.05) is 30.3 Å². The summed E-state index contributed by atoms with van der Waals surface area (Å²) >= 11 is 0. The molecule has 3 rings (SSSR count). The molecule has 1 aliphatic rings. The highest BCUT2D eigenvalue weighted by molar-refractivity contribution is 5.93. The van der Waals surface area contributed by atoms with Crippen LogP contribution < -0.4 is 0 Å². The van der Waals surface area contributed by atoms with Gasteiger partial charge in [-0.05, 0) is 24.9 Å². The zero-order chi connectivity index (χ0) is 15.4. The number of likely N-dealkylation sites (N-methyl/N-ethyl adjacent to an activating group) is 1. The molecule has 2 heterocycles. The molecule has 0 bridgehead atoms. The molecule has 0 aliphatic carbocycles. The smallest absolute Gasteiger partial charge is 0.257 e. The number of amides is 1. The van der Waals surface area contributed by atoms with Crippen LogP contribution in [0.1, 0.15) is 28.8 Å². The van der Waals surface area contributed by atoms with Crippen LogP contribution in [0.3, 0.4) is 0 Å². The normalized spacial score (nSPS) is 19.0. The Labute approximate surface area is 130 Å². The highest BCUT2D eigenvalue weighted by Gasteiger charge is 2.26. The van der Waals surface area contributed by atoms with Gasteiger partial charge >= 0.3 is 0 Å². The molecule has 1 aromatic carbocycles. The Morgan fingerprint density at radius 2 is 2.23 bits per heavy atom. The fourth-order valence-corrected chi connectivity index (χ4v) is 3.07. The number of likely N-dealkylation sites (tertiary alicyclic amines) is 1. The minimum Gasteiger partial charge on any atom is -0.337 e. The van der Waals surface area contributed by atoms with E-state index in [0.717, 1.165) is 32.5 Å². The molecule has 1 atom stereocenters. The minimum absolute atomic E-state index is 0.0420. The zero-order valence-corrected chi connectivity index (χ0v) is 12.9. The van der Waals surface area contributed by atoms with Crippen LogP contribution in [0, 0.1) is 0 Å². The first-order valence-corrected chi connectivity index (χ1v) is 7.76. The van der Waals surface area contributed by atoms with Crippen molar-refractivity contribution >= 4 is 5.91 Å². The van der Waals surface area contributed by atoms with Gasteiger partial charge in [-0.25, -0.2) is 0 Å². The molecule has 1 saturated heterocycles. The quantitative estimate of drug-likeness (QED) is 0.941. The summed E-state index contributed by atoms with van der Waals surface area (Å²) < 4.78 is 0. The number of nitrogens with zero attached hydrogens (tertiary/aromatic N) is 3. The summed E-state index contributed by atoms with van der Waals surface area (Å²) in [6.07, 6.45) is 5.43. The second kappa shape index (κ2) is 6.75.